The van der Waals surface area contributed by atoms with Crippen molar-refractivity contribution in [3.05, 3.63) is 64.4 Å². The van der Waals surface area contributed by atoms with Crippen LogP contribution in [0.2, 0.25) is 0 Å². The molecule has 0 radical (unpaired) electrons. The second kappa shape index (κ2) is 11.4. The lowest BCUT2D eigenvalue weighted by atomic mass is 10.1. The van der Waals surface area contributed by atoms with Crippen LogP contribution in [0.4, 0.5) is 10.1 Å². The van der Waals surface area contributed by atoms with Gasteiger partial charge in [0.2, 0.25) is 5.91 Å². The molecule has 8 heteroatoms. The van der Waals surface area contributed by atoms with Crippen LogP contribution in [0.25, 0.3) is 0 Å². The molecule has 1 aliphatic heterocycles. The van der Waals surface area contributed by atoms with E-state index in [2.05, 4.69) is 48.5 Å². The van der Waals surface area contributed by atoms with Crippen LogP contribution >= 0.6 is 28.1 Å². The van der Waals surface area contributed by atoms with Crippen molar-refractivity contribution < 1.29 is 9.18 Å². The van der Waals surface area contributed by atoms with E-state index in [-0.39, 0.29) is 11.7 Å². The molecule has 1 amide bonds. The highest BCUT2D eigenvalue weighted by atomic mass is 79.9. The third-order valence-corrected chi connectivity index (χ3v) is 6.01. The molecule has 0 unspecified atom stereocenters. The summed E-state index contributed by atoms with van der Waals surface area (Å²) in [4.78, 5) is 16.6. The SMILES string of the molecule is O=C(CN1CCCN(C(=S)Nc2ccc(F)cc2Br)CC1)NCCc1ccccc1. The normalized spacial score (nSPS) is 14.8. The Bertz CT molecular complexity index is 867. The van der Waals surface area contributed by atoms with Crippen LogP contribution in [0.5, 0.6) is 0 Å². The highest BCUT2D eigenvalue weighted by Crippen LogP contribution is 2.23. The lowest BCUT2D eigenvalue weighted by Gasteiger charge is -2.25. The smallest absolute Gasteiger partial charge is 0.234 e. The maximum absolute atomic E-state index is 13.3. The molecule has 1 saturated heterocycles. The van der Waals surface area contributed by atoms with Gasteiger partial charge in [0, 0.05) is 37.2 Å². The standard InChI is InChI=1S/C22H26BrFN4OS/c23-19-15-18(24)7-8-20(19)26-22(30)28-12-4-11-27(13-14-28)16-21(29)25-10-9-17-5-2-1-3-6-17/h1-3,5-8,15H,4,9-14,16H2,(H,25,29)(H,26,30). The minimum Gasteiger partial charge on any atom is -0.355 e. The number of nitrogens with one attached hydrogen (secondary N) is 2. The fourth-order valence-electron chi connectivity index (χ4n) is 3.37. The second-order valence-electron chi connectivity index (χ2n) is 7.26. The van der Waals surface area contributed by atoms with E-state index in [0.717, 1.165) is 44.7 Å². The summed E-state index contributed by atoms with van der Waals surface area (Å²) in [6.07, 6.45) is 1.75. The number of anilines is 1. The molecular formula is C22H26BrFN4OS. The third kappa shape index (κ3) is 7.04. The zero-order chi connectivity index (χ0) is 21.3. The Kier molecular flexibility index (Phi) is 8.60. The molecule has 0 saturated carbocycles. The Hall–Kier alpha value is -2.03. The zero-order valence-corrected chi connectivity index (χ0v) is 19.1. The number of hydrogen-bond donors (Lipinski definition) is 2. The lowest BCUT2D eigenvalue weighted by molar-refractivity contribution is -0.122. The van der Waals surface area contributed by atoms with Crippen molar-refractivity contribution >= 4 is 44.9 Å². The van der Waals surface area contributed by atoms with Crippen molar-refractivity contribution in [3.63, 3.8) is 0 Å². The van der Waals surface area contributed by atoms with Crippen LogP contribution in [-0.2, 0) is 11.2 Å². The summed E-state index contributed by atoms with van der Waals surface area (Å²) in [5.74, 6) is -0.249. The first-order valence-corrected chi connectivity index (χ1v) is 11.3. The Labute approximate surface area is 190 Å². The molecule has 160 valence electrons. The number of nitrogens with zero attached hydrogens (tertiary/aromatic N) is 2. The molecule has 5 nitrogen and oxygen atoms in total. The predicted molar refractivity (Wildman–Crippen MR) is 126 cm³/mol. The highest BCUT2D eigenvalue weighted by Gasteiger charge is 2.19. The van der Waals surface area contributed by atoms with E-state index in [1.54, 1.807) is 6.07 Å². The van der Waals surface area contributed by atoms with Gasteiger partial charge in [0.25, 0.3) is 0 Å². The molecule has 2 aromatic rings. The number of hydrogen-bond acceptors (Lipinski definition) is 3. The highest BCUT2D eigenvalue weighted by molar-refractivity contribution is 9.10. The number of amides is 1. The Morgan fingerprint density at radius 1 is 1.10 bits per heavy atom. The van der Waals surface area contributed by atoms with Gasteiger partial charge in [0.15, 0.2) is 5.11 Å². The fourth-order valence-corrected chi connectivity index (χ4v) is 4.11. The molecule has 2 aromatic carbocycles. The average Bonchev–Trinajstić information content (AvgIpc) is 2.96. The van der Waals surface area contributed by atoms with E-state index in [1.165, 1.54) is 17.7 Å². The fraction of sp³-hybridized carbons (Fsp3) is 0.364. The van der Waals surface area contributed by atoms with Gasteiger partial charge in [0.1, 0.15) is 5.82 Å². The summed E-state index contributed by atoms with van der Waals surface area (Å²) in [5.41, 5.74) is 1.96. The van der Waals surface area contributed by atoms with Gasteiger partial charge in [-0.05, 0) is 64.8 Å². The van der Waals surface area contributed by atoms with Crippen molar-refractivity contribution in [2.24, 2.45) is 0 Å². The van der Waals surface area contributed by atoms with Crippen LogP contribution in [0.15, 0.2) is 53.0 Å². The summed E-state index contributed by atoms with van der Waals surface area (Å²) in [6.45, 7) is 4.21. The number of benzene rings is 2. The minimum absolute atomic E-state index is 0.0512. The molecule has 0 bridgehead atoms. The van der Waals surface area contributed by atoms with Crippen LogP contribution in [0, 0.1) is 5.82 Å². The van der Waals surface area contributed by atoms with Crippen molar-refractivity contribution in [3.8, 4) is 0 Å². The first-order chi connectivity index (χ1) is 14.5. The maximum atomic E-state index is 13.3. The number of rotatable bonds is 6. The molecule has 1 fully saturated rings. The zero-order valence-electron chi connectivity index (χ0n) is 16.7. The number of halogens is 2. The first kappa shape index (κ1) is 22.7. The quantitative estimate of drug-likeness (QED) is 0.602. The van der Waals surface area contributed by atoms with Gasteiger partial charge < -0.3 is 15.5 Å². The Morgan fingerprint density at radius 2 is 1.90 bits per heavy atom. The molecule has 0 spiro atoms. The molecule has 0 aromatic heterocycles. The van der Waals surface area contributed by atoms with Gasteiger partial charge in [-0.2, -0.15) is 0 Å². The molecule has 1 heterocycles. The summed E-state index contributed by atoms with van der Waals surface area (Å²) in [5, 5.41) is 6.80. The van der Waals surface area contributed by atoms with Crippen molar-refractivity contribution in [2.45, 2.75) is 12.8 Å². The van der Waals surface area contributed by atoms with Crippen LogP contribution < -0.4 is 10.6 Å². The summed E-state index contributed by atoms with van der Waals surface area (Å²) in [7, 11) is 0. The van der Waals surface area contributed by atoms with Crippen molar-refractivity contribution in [1.82, 2.24) is 15.1 Å². The van der Waals surface area contributed by atoms with E-state index in [9.17, 15) is 9.18 Å². The second-order valence-corrected chi connectivity index (χ2v) is 8.50. The Balaban J connectivity index is 1.41. The molecule has 1 aliphatic rings. The van der Waals surface area contributed by atoms with Gasteiger partial charge in [-0.1, -0.05) is 30.3 Å². The summed E-state index contributed by atoms with van der Waals surface area (Å²) < 4.78 is 13.9. The van der Waals surface area contributed by atoms with Gasteiger partial charge >= 0.3 is 0 Å². The van der Waals surface area contributed by atoms with E-state index >= 15 is 0 Å². The van der Waals surface area contributed by atoms with E-state index in [4.69, 9.17) is 12.2 Å². The Morgan fingerprint density at radius 3 is 2.67 bits per heavy atom. The van der Waals surface area contributed by atoms with E-state index in [0.29, 0.717) is 22.7 Å². The number of carbonyl (C=O) groups excluding carboxylic acids is 1. The van der Waals surface area contributed by atoms with Gasteiger partial charge in [-0.3, -0.25) is 9.69 Å². The lowest BCUT2D eigenvalue weighted by Crippen LogP contribution is -2.41. The average molecular weight is 493 g/mol. The van der Waals surface area contributed by atoms with Gasteiger partial charge in [0.05, 0.1) is 12.2 Å². The first-order valence-electron chi connectivity index (χ1n) is 10.1. The van der Waals surface area contributed by atoms with Crippen molar-refractivity contribution in [1.29, 1.82) is 0 Å². The van der Waals surface area contributed by atoms with Crippen LogP contribution in [-0.4, -0.2) is 60.1 Å². The van der Waals surface area contributed by atoms with Gasteiger partial charge in [-0.25, -0.2) is 4.39 Å². The predicted octanol–water partition coefficient (Wildman–Crippen LogP) is 3.65. The van der Waals surface area contributed by atoms with Gasteiger partial charge in [-0.15, -0.1) is 0 Å². The van der Waals surface area contributed by atoms with Crippen LogP contribution in [0.3, 0.4) is 0 Å². The monoisotopic (exact) mass is 492 g/mol. The number of thiocarbonyl (C=S) groups is 1. The molecule has 30 heavy (non-hydrogen) atoms. The molecule has 2 N–H and O–H groups in total. The molecule has 0 aliphatic carbocycles. The van der Waals surface area contributed by atoms with Crippen molar-refractivity contribution in [2.75, 3.05) is 44.6 Å². The third-order valence-electron chi connectivity index (χ3n) is 4.99. The largest absolute Gasteiger partial charge is 0.355 e. The van der Waals surface area contributed by atoms with E-state index < -0.39 is 0 Å². The van der Waals surface area contributed by atoms with Crippen LogP contribution in [0.1, 0.15) is 12.0 Å². The topological polar surface area (TPSA) is 47.6 Å². The number of carbonyl (C=O) groups is 1. The molecule has 3 rings (SSSR count). The van der Waals surface area contributed by atoms with E-state index in [1.807, 2.05) is 18.2 Å². The summed E-state index contributed by atoms with van der Waals surface area (Å²) >= 11 is 8.90. The summed E-state index contributed by atoms with van der Waals surface area (Å²) in [6, 6.07) is 14.6. The maximum Gasteiger partial charge on any atom is 0.234 e. The molecule has 0 atom stereocenters. The minimum atomic E-state index is -0.300. The molecular weight excluding hydrogens is 467 g/mol.